The first-order chi connectivity index (χ1) is 7.63. The number of carbonyl (C=O) groups is 1. The number of nitriles is 1. The van der Waals surface area contributed by atoms with E-state index < -0.39 is 11.8 Å². The number of carbonyl (C=O) groups excluding carboxylic acids is 1. The lowest BCUT2D eigenvalue weighted by Crippen LogP contribution is -2.09. The van der Waals surface area contributed by atoms with Crippen LogP contribution in [0.25, 0.3) is 0 Å². The van der Waals surface area contributed by atoms with Crippen LogP contribution in [-0.2, 0) is 10.6 Å². The zero-order valence-corrected chi connectivity index (χ0v) is 9.34. The molecule has 0 saturated heterocycles. The highest BCUT2D eigenvalue weighted by Gasteiger charge is 2.17. The van der Waals surface area contributed by atoms with Crippen LogP contribution >= 0.6 is 11.6 Å². The minimum Gasteiger partial charge on any atom is -0.462 e. The highest BCUT2D eigenvalue weighted by atomic mass is 35.5. The van der Waals surface area contributed by atoms with Crippen molar-refractivity contribution in [3.05, 3.63) is 34.6 Å². The lowest BCUT2D eigenvalue weighted by Gasteiger charge is -2.06. The van der Waals surface area contributed by atoms with Crippen molar-refractivity contribution < 1.29 is 13.9 Å². The first-order valence-corrected chi connectivity index (χ1v) is 5.13. The van der Waals surface area contributed by atoms with E-state index in [9.17, 15) is 9.18 Å². The van der Waals surface area contributed by atoms with Crippen molar-refractivity contribution in [1.82, 2.24) is 0 Å². The number of alkyl halides is 1. The van der Waals surface area contributed by atoms with Crippen molar-refractivity contribution in [2.45, 2.75) is 12.8 Å². The normalized spacial score (nSPS) is 9.62. The van der Waals surface area contributed by atoms with E-state index in [0.29, 0.717) is 0 Å². The minimum atomic E-state index is -0.788. The molecule has 0 aliphatic rings. The third kappa shape index (κ3) is 2.50. The van der Waals surface area contributed by atoms with E-state index in [1.54, 1.807) is 6.92 Å². The number of hydrogen-bond acceptors (Lipinski definition) is 3. The van der Waals surface area contributed by atoms with Crippen LogP contribution in [0.5, 0.6) is 0 Å². The predicted molar refractivity (Wildman–Crippen MR) is 56.6 cm³/mol. The van der Waals surface area contributed by atoms with Gasteiger partial charge < -0.3 is 4.74 Å². The van der Waals surface area contributed by atoms with E-state index in [2.05, 4.69) is 4.74 Å². The van der Waals surface area contributed by atoms with Gasteiger partial charge in [-0.2, -0.15) is 5.26 Å². The predicted octanol–water partition coefficient (Wildman–Crippen LogP) is 2.61. The topological polar surface area (TPSA) is 50.1 Å². The van der Waals surface area contributed by atoms with Gasteiger partial charge in [0.05, 0.1) is 29.7 Å². The maximum absolute atomic E-state index is 13.7. The molecule has 1 rings (SSSR count). The standard InChI is InChI=1S/C11H9ClFNO2/c1-2-16-11(15)9-4-7(6-14)3-8(5-12)10(9)13/h3-4H,2,5H2,1H3. The van der Waals surface area contributed by atoms with Gasteiger partial charge in [-0.05, 0) is 19.1 Å². The van der Waals surface area contributed by atoms with Gasteiger partial charge in [-0.25, -0.2) is 9.18 Å². The van der Waals surface area contributed by atoms with Crippen molar-refractivity contribution in [2.75, 3.05) is 6.61 Å². The molecule has 1 aromatic carbocycles. The highest BCUT2D eigenvalue weighted by molar-refractivity contribution is 6.17. The summed E-state index contributed by atoms with van der Waals surface area (Å²) in [4.78, 5) is 11.4. The molecule has 0 bridgehead atoms. The molecule has 0 amide bonds. The fourth-order valence-corrected chi connectivity index (χ4v) is 1.40. The molecule has 0 saturated carbocycles. The van der Waals surface area contributed by atoms with Crippen LogP contribution in [0.2, 0.25) is 0 Å². The second-order valence-corrected chi connectivity index (χ2v) is 3.23. The maximum atomic E-state index is 13.7. The molecule has 0 radical (unpaired) electrons. The second kappa shape index (κ2) is 5.47. The Hall–Kier alpha value is -1.60. The highest BCUT2D eigenvalue weighted by Crippen LogP contribution is 2.18. The molecule has 5 heteroatoms. The van der Waals surface area contributed by atoms with Crippen molar-refractivity contribution in [3.8, 4) is 6.07 Å². The Morgan fingerprint density at radius 1 is 1.62 bits per heavy atom. The van der Waals surface area contributed by atoms with Crippen LogP contribution in [0.1, 0.15) is 28.4 Å². The maximum Gasteiger partial charge on any atom is 0.341 e. The summed E-state index contributed by atoms with van der Waals surface area (Å²) >= 11 is 5.51. The number of halogens is 2. The average Bonchev–Trinajstić information content (AvgIpc) is 2.29. The average molecular weight is 242 g/mol. The van der Waals surface area contributed by atoms with E-state index >= 15 is 0 Å². The van der Waals surface area contributed by atoms with Crippen LogP contribution < -0.4 is 0 Å². The lowest BCUT2D eigenvalue weighted by atomic mass is 10.1. The molecule has 3 nitrogen and oxygen atoms in total. The van der Waals surface area contributed by atoms with Gasteiger partial charge >= 0.3 is 5.97 Å². The summed E-state index contributed by atoms with van der Waals surface area (Å²) in [5.41, 5.74) is 0.0421. The van der Waals surface area contributed by atoms with Crippen LogP contribution in [-0.4, -0.2) is 12.6 Å². The van der Waals surface area contributed by atoms with E-state index in [1.807, 2.05) is 6.07 Å². The van der Waals surface area contributed by atoms with Crippen LogP contribution in [0, 0.1) is 17.1 Å². The summed E-state index contributed by atoms with van der Waals surface area (Å²) in [6.45, 7) is 1.76. The summed E-state index contributed by atoms with van der Waals surface area (Å²) in [6.07, 6.45) is 0. The van der Waals surface area contributed by atoms with E-state index in [0.717, 1.165) is 6.07 Å². The molecule has 0 spiro atoms. The number of rotatable bonds is 3. The van der Waals surface area contributed by atoms with Crippen molar-refractivity contribution in [1.29, 1.82) is 5.26 Å². The number of nitrogens with zero attached hydrogens (tertiary/aromatic N) is 1. The number of ether oxygens (including phenoxy) is 1. The Morgan fingerprint density at radius 3 is 2.81 bits per heavy atom. The van der Waals surface area contributed by atoms with Gasteiger partial charge in [0, 0.05) is 5.56 Å². The molecule has 1 aromatic rings. The Bertz CT molecular complexity index is 454. The van der Waals surface area contributed by atoms with E-state index in [1.165, 1.54) is 6.07 Å². The van der Waals surface area contributed by atoms with Crippen molar-refractivity contribution in [2.24, 2.45) is 0 Å². The van der Waals surface area contributed by atoms with Crippen LogP contribution in [0.4, 0.5) is 4.39 Å². The van der Waals surface area contributed by atoms with Gasteiger partial charge in [0.2, 0.25) is 0 Å². The minimum absolute atomic E-state index is 0.103. The van der Waals surface area contributed by atoms with Crippen LogP contribution in [0.3, 0.4) is 0 Å². The van der Waals surface area contributed by atoms with E-state index in [-0.39, 0.29) is 29.2 Å². The Morgan fingerprint density at radius 2 is 2.31 bits per heavy atom. The fraction of sp³-hybridized carbons (Fsp3) is 0.273. The zero-order chi connectivity index (χ0) is 12.1. The molecule has 0 aliphatic carbocycles. The first-order valence-electron chi connectivity index (χ1n) is 4.59. The van der Waals surface area contributed by atoms with Gasteiger partial charge in [0.15, 0.2) is 0 Å². The Kier molecular flexibility index (Phi) is 4.27. The SMILES string of the molecule is CCOC(=O)c1cc(C#N)cc(CCl)c1F. The Balaban J connectivity index is 3.27. The molecule has 0 heterocycles. The molecule has 0 N–H and O–H groups in total. The van der Waals surface area contributed by atoms with Gasteiger partial charge in [-0.15, -0.1) is 11.6 Å². The second-order valence-electron chi connectivity index (χ2n) is 2.96. The molecule has 0 aliphatic heterocycles. The lowest BCUT2D eigenvalue weighted by molar-refractivity contribution is 0.0521. The third-order valence-corrected chi connectivity index (χ3v) is 2.20. The molecular weight excluding hydrogens is 233 g/mol. The molecule has 0 aromatic heterocycles. The smallest absolute Gasteiger partial charge is 0.341 e. The third-order valence-electron chi connectivity index (χ3n) is 1.92. The number of esters is 1. The molecule has 84 valence electrons. The number of benzene rings is 1. The fourth-order valence-electron chi connectivity index (χ4n) is 1.20. The number of hydrogen-bond donors (Lipinski definition) is 0. The molecular formula is C11H9ClFNO2. The summed E-state index contributed by atoms with van der Waals surface area (Å²) in [5.74, 6) is -1.62. The first kappa shape index (κ1) is 12.5. The van der Waals surface area contributed by atoms with E-state index in [4.69, 9.17) is 16.9 Å². The molecule has 16 heavy (non-hydrogen) atoms. The van der Waals surface area contributed by atoms with Crippen LogP contribution in [0.15, 0.2) is 12.1 Å². The van der Waals surface area contributed by atoms with Gasteiger partial charge in [0.25, 0.3) is 0 Å². The Labute approximate surface area is 97.4 Å². The quantitative estimate of drug-likeness (QED) is 0.604. The zero-order valence-electron chi connectivity index (χ0n) is 8.59. The summed E-state index contributed by atoms with van der Waals surface area (Å²) in [5, 5.41) is 8.72. The summed E-state index contributed by atoms with van der Waals surface area (Å²) in [7, 11) is 0. The molecule has 0 unspecified atom stereocenters. The largest absolute Gasteiger partial charge is 0.462 e. The van der Waals surface area contributed by atoms with Gasteiger partial charge in [-0.3, -0.25) is 0 Å². The molecule has 0 fully saturated rings. The van der Waals surface area contributed by atoms with Crippen molar-refractivity contribution in [3.63, 3.8) is 0 Å². The van der Waals surface area contributed by atoms with Gasteiger partial charge in [-0.1, -0.05) is 0 Å². The van der Waals surface area contributed by atoms with Crippen molar-refractivity contribution >= 4 is 17.6 Å². The summed E-state index contributed by atoms with van der Waals surface area (Å²) in [6, 6.07) is 4.30. The monoisotopic (exact) mass is 241 g/mol. The van der Waals surface area contributed by atoms with Gasteiger partial charge in [0.1, 0.15) is 5.82 Å². The summed E-state index contributed by atoms with van der Waals surface area (Å²) < 4.78 is 18.3. The molecule has 0 atom stereocenters.